The summed E-state index contributed by atoms with van der Waals surface area (Å²) >= 11 is 0. The Labute approximate surface area is 141 Å². The van der Waals surface area contributed by atoms with Crippen LogP contribution in [0.25, 0.3) is 0 Å². The molecule has 0 heterocycles. The van der Waals surface area contributed by atoms with Crippen LogP contribution >= 0.6 is 0 Å². The second kappa shape index (κ2) is 8.75. The summed E-state index contributed by atoms with van der Waals surface area (Å²) in [7, 11) is 0. The van der Waals surface area contributed by atoms with Crippen LogP contribution in [0.1, 0.15) is 41.0 Å². The minimum atomic E-state index is -5.82. The van der Waals surface area contributed by atoms with E-state index in [1.807, 2.05) is 13.8 Å². The first-order valence-electron chi connectivity index (χ1n) is 7.61. The third kappa shape index (κ3) is 7.96. The molecule has 0 amide bonds. The van der Waals surface area contributed by atoms with Gasteiger partial charge in [0.05, 0.1) is 5.92 Å². The van der Waals surface area contributed by atoms with Crippen molar-refractivity contribution in [2.75, 3.05) is 0 Å². The van der Waals surface area contributed by atoms with Crippen LogP contribution < -0.4 is 0 Å². The van der Waals surface area contributed by atoms with Gasteiger partial charge in [-0.05, 0) is 25.2 Å². The van der Waals surface area contributed by atoms with Crippen molar-refractivity contribution in [1.82, 2.24) is 0 Å². The molecule has 4 nitrogen and oxygen atoms in total. The number of carbonyl (C=O) groups excluding carboxylic acids is 2. The van der Waals surface area contributed by atoms with Gasteiger partial charge in [0.25, 0.3) is 6.10 Å². The first kappa shape index (κ1) is 23.5. The highest BCUT2D eigenvalue weighted by molar-refractivity contribution is 5.80. The average Bonchev–Trinajstić information content (AvgIpc) is 2.38. The van der Waals surface area contributed by atoms with Crippen molar-refractivity contribution in [2.45, 2.75) is 65.6 Å². The molecule has 25 heavy (non-hydrogen) atoms. The van der Waals surface area contributed by atoms with E-state index >= 15 is 0 Å². The van der Waals surface area contributed by atoms with E-state index in [1.54, 1.807) is 13.8 Å². The summed E-state index contributed by atoms with van der Waals surface area (Å²) in [6, 6.07) is 0. The molecule has 0 aromatic rings. The molecule has 0 fully saturated rings. The van der Waals surface area contributed by atoms with Crippen molar-refractivity contribution in [1.29, 1.82) is 0 Å². The van der Waals surface area contributed by atoms with Gasteiger partial charge in [-0.3, -0.25) is 4.79 Å². The van der Waals surface area contributed by atoms with Gasteiger partial charge in [0.1, 0.15) is 0 Å². The Hall–Kier alpha value is -1.48. The summed E-state index contributed by atoms with van der Waals surface area (Å²) in [5.74, 6) is -3.52. The Kier molecular flexibility index (Phi) is 8.23. The molecule has 0 saturated carbocycles. The summed E-state index contributed by atoms with van der Waals surface area (Å²) in [6.45, 7) is 7.94. The van der Waals surface area contributed by atoms with Gasteiger partial charge in [0.15, 0.2) is 6.10 Å². The molecule has 0 bridgehead atoms. The molecule has 0 saturated heterocycles. The van der Waals surface area contributed by atoms with Crippen LogP contribution in [0.5, 0.6) is 0 Å². The van der Waals surface area contributed by atoms with Crippen LogP contribution in [0.4, 0.5) is 26.3 Å². The number of hydrogen-bond donors (Lipinski definition) is 0. The number of hydrogen-bond acceptors (Lipinski definition) is 4. The van der Waals surface area contributed by atoms with Gasteiger partial charge < -0.3 is 9.47 Å². The molecule has 0 radical (unpaired) electrons. The molecule has 2 atom stereocenters. The fraction of sp³-hybridized carbons (Fsp3) is 0.867. The predicted molar refractivity (Wildman–Crippen MR) is 75.3 cm³/mol. The van der Waals surface area contributed by atoms with Crippen molar-refractivity contribution in [3.63, 3.8) is 0 Å². The van der Waals surface area contributed by atoms with E-state index < -0.39 is 42.4 Å². The average molecular weight is 380 g/mol. The van der Waals surface area contributed by atoms with E-state index in [9.17, 15) is 35.9 Å². The molecular weight excluding hydrogens is 358 g/mol. The Morgan fingerprint density at radius 3 is 1.56 bits per heavy atom. The van der Waals surface area contributed by atoms with E-state index in [1.165, 1.54) is 0 Å². The molecule has 0 aliphatic rings. The molecule has 10 heteroatoms. The van der Waals surface area contributed by atoms with Crippen LogP contribution in [0.3, 0.4) is 0 Å². The Balaban J connectivity index is 5.02. The smallest absolute Gasteiger partial charge is 0.434 e. The zero-order chi connectivity index (χ0) is 20.2. The van der Waals surface area contributed by atoms with Gasteiger partial charge in [-0.1, -0.05) is 27.7 Å². The highest BCUT2D eigenvalue weighted by atomic mass is 19.4. The highest BCUT2D eigenvalue weighted by Crippen LogP contribution is 2.36. The van der Waals surface area contributed by atoms with Crippen molar-refractivity contribution in [3.8, 4) is 0 Å². The number of carbonyl (C=O) groups is 2. The number of esters is 2. The summed E-state index contributed by atoms with van der Waals surface area (Å²) < 4.78 is 82.5. The van der Waals surface area contributed by atoms with Crippen LogP contribution in [-0.2, 0) is 19.1 Å². The Morgan fingerprint density at radius 2 is 1.24 bits per heavy atom. The summed E-state index contributed by atoms with van der Waals surface area (Å²) in [6.07, 6.45) is -17.4. The molecule has 0 aliphatic heterocycles. The maximum Gasteiger partial charge on any atom is 0.434 e. The topological polar surface area (TPSA) is 52.6 Å². The molecule has 0 spiro atoms. The fourth-order valence-corrected chi connectivity index (χ4v) is 1.99. The Bertz CT molecular complexity index is 442. The van der Waals surface area contributed by atoms with Gasteiger partial charge >= 0.3 is 24.3 Å². The molecule has 0 rings (SSSR count). The SMILES string of the molecule is CC(C)CC(C(=O)OC(C)C(=O)OC(C(F)(F)F)C(F)(F)F)C(C)C. The quantitative estimate of drug-likeness (QED) is 0.489. The molecule has 148 valence electrons. The molecule has 2 unspecified atom stereocenters. The van der Waals surface area contributed by atoms with E-state index in [2.05, 4.69) is 4.74 Å². The minimum Gasteiger partial charge on any atom is -0.450 e. The second-order valence-corrected chi connectivity index (χ2v) is 6.46. The lowest BCUT2D eigenvalue weighted by molar-refractivity contribution is -0.314. The monoisotopic (exact) mass is 380 g/mol. The van der Waals surface area contributed by atoms with Crippen LogP contribution in [0.15, 0.2) is 0 Å². The van der Waals surface area contributed by atoms with E-state index in [4.69, 9.17) is 4.74 Å². The number of halogens is 6. The number of rotatable bonds is 7. The lowest BCUT2D eigenvalue weighted by atomic mass is 9.88. The fourth-order valence-electron chi connectivity index (χ4n) is 1.99. The Morgan fingerprint density at radius 1 is 0.800 bits per heavy atom. The number of ether oxygens (including phenoxy) is 2. The van der Waals surface area contributed by atoms with Crippen molar-refractivity contribution in [3.05, 3.63) is 0 Å². The summed E-state index contributed by atoms with van der Waals surface area (Å²) in [4.78, 5) is 23.5. The maximum atomic E-state index is 12.4. The van der Waals surface area contributed by atoms with Crippen molar-refractivity contribution < 1.29 is 45.4 Å². The van der Waals surface area contributed by atoms with Gasteiger partial charge in [0.2, 0.25) is 0 Å². The molecule has 0 aliphatic carbocycles. The largest absolute Gasteiger partial charge is 0.450 e. The van der Waals surface area contributed by atoms with Gasteiger partial charge in [0, 0.05) is 0 Å². The van der Waals surface area contributed by atoms with Crippen molar-refractivity contribution >= 4 is 11.9 Å². The molecule has 0 aromatic carbocycles. The van der Waals surface area contributed by atoms with Crippen LogP contribution in [0, 0.1) is 17.8 Å². The predicted octanol–water partition coefficient (Wildman–Crippen LogP) is 4.27. The van der Waals surface area contributed by atoms with Crippen molar-refractivity contribution in [2.24, 2.45) is 17.8 Å². The zero-order valence-corrected chi connectivity index (χ0v) is 14.5. The maximum absolute atomic E-state index is 12.4. The normalized spacial score (nSPS) is 15.4. The third-order valence-electron chi connectivity index (χ3n) is 3.29. The van der Waals surface area contributed by atoms with E-state index in [0.717, 1.165) is 6.92 Å². The van der Waals surface area contributed by atoms with E-state index in [0.29, 0.717) is 6.42 Å². The first-order chi connectivity index (χ1) is 11.1. The van der Waals surface area contributed by atoms with Gasteiger partial charge in [-0.15, -0.1) is 0 Å². The summed E-state index contributed by atoms with van der Waals surface area (Å²) in [5.41, 5.74) is 0. The number of alkyl halides is 6. The van der Waals surface area contributed by atoms with Gasteiger partial charge in [-0.2, -0.15) is 26.3 Å². The standard InChI is InChI=1S/C15H22F6O4/c1-7(2)6-10(8(3)4)12(23)24-9(5)11(22)25-13(14(16,17)18)15(19,20)21/h7-10,13H,6H2,1-5H3. The highest BCUT2D eigenvalue weighted by Gasteiger charge is 2.60. The van der Waals surface area contributed by atoms with Gasteiger partial charge in [-0.25, -0.2) is 4.79 Å². The lowest BCUT2D eigenvalue weighted by Gasteiger charge is -2.26. The molecular formula is C15H22F6O4. The molecule has 0 aromatic heterocycles. The molecule has 0 N–H and O–H groups in total. The van der Waals surface area contributed by atoms with Crippen LogP contribution in [0.2, 0.25) is 0 Å². The zero-order valence-electron chi connectivity index (χ0n) is 14.5. The third-order valence-corrected chi connectivity index (χ3v) is 3.29. The minimum absolute atomic E-state index is 0.0991. The summed E-state index contributed by atoms with van der Waals surface area (Å²) in [5, 5.41) is 0. The first-order valence-corrected chi connectivity index (χ1v) is 7.61. The lowest BCUT2D eigenvalue weighted by Crippen LogP contribution is -2.47. The second-order valence-electron chi connectivity index (χ2n) is 6.46. The van der Waals surface area contributed by atoms with Crippen LogP contribution in [-0.4, -0.2) is 36.5 Å². The van der Waals surface area contributed by atoms with E-state index in [-0.39, 0.29) is 11.8 Å².